The molecular weight excluding hydrogens is 354 g/mol. The van der Waals surface area contributed by atoms with Crippen LogP contribution in [0, 0.1) is 12.8 Å². The van der Waals surface area contributed by atoms with Crippen molar-refractivity contribution in [2.24, 2.45) is 5.92 Å². The topological polar surface area (TPSA) is 27.7 Å². The van der Waals surface area contributed by atoms with Gasteiger partial charge in [0.15, 0.2) is 5.11 Å². The van der Waals surface area contributed by atoms with Gasteiger partial charge in [-0.3, -0.25) is 4.90 Å². The number of aryl methyl sites for hydroxylation is 1. The normalized spacial score (nSPS) is 20.4. The smallest absolute Gasteiger partial charge is 0.173 e. The van der Waals surface area contributed by atoms with Crippen LogP contribution in [0.5, 0.6) is 0 Å². The Morgan fingerprint density at radius 1 is 1.30 bits per heavy atom. The summed E-state index contributed by atoms with van der Waals surface area (Å²) in [6, 6.07) is 8.44. The van der Waals surface area contributed by atoms with E-state index in [0.717, 1.165) is 63.2 Å². The highest BCUT2D eigenvalue weighted by Gasteiger charge is 2.18. The molecule has 1 unspecified atom stereocenters. The summed E-state index contributed by atoms with van der Waals surface area (Å²) in [6.07, 6.45) is 9.42. The zero-order valence-electron chi connectivity index (χ0n) is 16.5. The molecule has 0 amide bonds. The molecule has 1 atom stereocenters. The van der Waals surface area contributed by atoms with Crippen LogP contribution >= 0.6 is 12.2 Å². The minimum atomic E-state index is 0.704. The van der Waals surface area contributed by atoms with Crippen molar-refractivity contribution in [2.75, 3.05) is 51.3 Å². The predicted molar refractivity (Wildman–Crippen MR) is 117 cm³/mol. The Labute approximate surface area is 169 Å². The highest BCUT2D eigenvalue weighted by atomic mass is 32.1. The molecule has 27 heavy (non-hydrogen) atoms. The summed E-state index contributed by atoms with van der Waals surface area (Å²) in [7, 11) is 0. The van der Waals surface area contributed by atoms with Crippen molar-refractivity contribution < 1.29 is 4.74 Å². The molecule has 0 aromatic heterocycles. The number of thiocarbonyl (C=S) groups is 1. The summed E-state index contributed by atoms with van der Waals surface area (Å²) in [6.45, 7) is 9.14. The number of allylic oxidation sites excluding steroid dienone is 2. The molecule has 1 aromatic rings. The van der Waals surface area contributed by atoms with Gasteiger partial charge in [0, 0.05) is 38.4 Å². The summed E-state index contributed by atoms with van der Waals surface area (Å²) in [5.74, 6) is 0.704. The molecule has 148 valence electrons. The minimum absolute atomic E-state index is 0.704. The van der Waals surface area contributed by atoms with Crippen LogP contribution in [-0.4, -0.2) is 60.8 Å². The molecule has 0 radical (unpaired) electrons. The zero-order valence-corrected chi connectivity index (χ0v) is 17.3. The zero-order chi connectivity index (χ0) is 18.9. The van der Waals surface area contributed by atoms with Crippen LogP contribution in [0.4, 0.5) is 5.69 Å². The van der Waals surface area contributed by atoms with Gasteiger partial charge in [-0.1, -0.05) is 24.3 Å². The number of morpholine rings is 1. The molecular formula is C22H33N3OS. The molecule has 0 saturated carbocycles. The molecule has 1 fully saturated rings. The minimum Gasteiger partial charge on any atom is -0.379 e. The van der Waals surface area contributed by atoms with Crippen LogP contribution in [0.15, 0.2) is 36.4 Å². The summed E-state index contributed by atoms with van der Waals surface area (Å²) in [5, 5.41) is 4.33. The first-order chi connectivity index (χ1) is 13.2. The first-order valence-corrected chi connectivity index (χ1v) is 10.7. The molecule has 1 saturated heterocycles. The van der Waals surface area contributed by atoms with Crippen molar-refractivity contribution in [1.82, 2.24) is 9.80 Å². The fourth-order valence-electron chi connectivity index (χ4n) is 3.84. The maximum absolute atomic E-state index is 5.80. The number of benzene rings is 1. The van der Waals surface area contributed by atoms with E-state index < -0.39 is 0 Å². The lowest BCUT2D eigenvalue weighted by molar-refractivity contribution is 0.0367. The number of anilines is 1. The van der Waals surface area contributed by atoms with E-state index in [1.165, 1.54) is 24.8 Å². The second-order valence-electron chi connectivity index (χ2n) is 7.70. The van der Waals surface area contributed by atoms with E-state index >= 15 is 0 Å². The summed E-state index contributed by atoms with van der Waals surface area (Å²) < 4.78 is 5.45. The molecule has 1 aliphatic heterocycles. The molecule has 1 heterocycles. The van der Waals surface area contributed by atoms with Crippen molar-refractivity contribution in [2.45, 2.75) is 32.6 Å². The fourth-order valence-corrected chi connectivity index (χ4v) is 4.13. The lowest BCUT2D eigenvalue weighted by Crippen LogP contribution is -2.42. The third kappa shape index (κ3) is 6.91. The Hall–Kier alpha value is -1.43. The van der Waals surface area contributed by atoms with Gasteiger partial charge in [0.1, 0.15) is 0 Å². The molecule has 0 spiro atoms. The fraction of sp³-hybridized carbons (Fsp3) is 0.591. The van der Waals surface area contributed by atoms with E-state index in [1.807, 2.05) is 0 Å². The van der Waals surface area contributed by atoms with Crippen molar-refractivity contribution in [3.05, 3.63) is 42.0 Å². The first kappa shape index (κ1) is 20.3. The highest BCUT2D eigenvalue weighted by Crippen LogP contribution is 2.20. The summed E-state index contributed by atoms with van der Waals surface area (Å²) in [4.78, 5) is 4.89. The predicted octanol–water partition coefficient (Wildman–Crippen LogP) is 4.07. The lowest BCUT2D eigenvalue weighted by Gasteiger charge is -2.32. The van der Waals surface area contributed by atoms with E-state index in [1.54, 1.807) is 0 Å². The molecule has 5 heteroatoms. The Morgan fingerprint density at radius 3 is 2.89 bits per heavy atom. The van der Waals surface area contributed by atoms with E-state index in [0.29, 0.717) is 5.92 Å². The standard InChI is InChI=1S/C22H33N3OS/c1-19-7-5-10-21(17-19)23-22(27)25(18-20-8-3-2-4-9-20)12-6-11-24-13-15-26-16-14-24/h2-3,5,7,10,17,20H,4,6,8-9,11-16,18H2,1H3,(H,23,27). The van der Waals surface area contributed by atoms with E-state index in [9.17, 15) is 0 Å². The van der Waals surface area contributed by atoms with Crippen molar-refractivity contribution in [3.63, 3.8) is 0 Å². The van der Waals surface area contributed by atoms with Gasteiger partial charge in [0.25, 0.3) is 0 Å². The second-order valence-corrected chi connectivity index (χ2v) is 8.09. The number of hydrogen-bond donors (Lipinski definition) is 1. The van der Waals surface area contributed by atoms with E-state index in [2.05, 4.69) is 58.5 Å². The molecule has 4 nitrogen and oxygen atoms in total. The summed E-state index contributed by atoms with van der Waals surface area (Å²) >= 11 is 5.80. The molecule has 0 bridgehead atoms. The first-order valence-electron chi connectivity index (χ1n) is 10.3. The molecule has 3 rings (SSSR count). The van der Waals surface area contributed by atoms with Crippen LogP contribution in [0.3, 0.4) is 0 Å². The van der Waals surface area contributed by atoms with Crippen LogP contribution < -0.4 is 5.32 Å². The van der Waals surface area contributed by atoms with E-state index in [4.69, 9.17) is 17.0 Å². The van der Waals surface area contributed by atoms with Crippen LogP contribution in [0.2, 0.25) is 0 Å². The Kier molecular flexibility index (Phi) is 8.11. The van der Waals surface area contributed by atoms with Gasteiger partial charge in [-0.2, -0.15) is 0 Å². The maximum atomic E-state index is 5.80. The van der Waals surface area contributed by atoms with E-state index in [-0.39, 0.29) is 0 Å². The average molecular weight is 388 g/mol. The third-order valence-electron chi connectivity index (χ3n) is 5.42. The number of hydrogen-bond acceptors (Lipinski definition) is 3. The maximum Gasteiger partial charge on any atom is 0.173 e. The monoisotopic (exact) mass is 387 g/mol. The number of nitrogens with zero attached hydrogens (tertiary/aromatic N) is 2. The van der Waals surface area contributed by atoms with Crippen LogP contribution in [0.1, 0.15) is 31.2 Å². The molecule has 2 aliphatic rings. The van der Waals surface area contributed by atoms with Gasteiger partial charge in [-0.15, -0.1) is 0 Å². The summed E-state index contributed by atoms with van der Waals surface area (Å²) in [5.41, 5.74) is 2.33. The second kappa shape index (κ2) is 10.8. The SMILES string of the molecule is Cc1cccc(NC(=S)N(CCCN2CCOCC2)CC2CC=CCC2)c1. The van der Waals surface area contributed by atoms with Crippen molar-refractivity contribution >= 4 is 23.0 Å². The van der Waals surface area contributed by atoms with Crippen molar-refractivity contribution in [1.29, 1.82) is 0 Å². The van der Waals surface area contributed by atoms with Gasteiger partial charge in [0.2, 0.25) is 0 Å². The largest absolute Gasteiger partial charge is 0.379 e. The molecule has 1 N–H and O–H groups in total. The molecule has 1 aliphatic carbocycles. The Morgan fingerprint density at radius 2 is 2.15 bits per heavy atom. The average Bonchev–Trinajstić information content (AvgIpc) is 2.69. The number of rotatable bonds is 7. The quantitative estimate of drug-likeness (QED) is 0.562. The Balaban J connectivity index is 1.55. The van der Waals surface area contributed by atoms with Gasteiger partial charge in [-0.25, -0.2) is 0 Å². The van der Waals surface area contributed by atoms with Gasteiger partial charge in [0.05, 0.1) is 13.2 Å². The lowest BCUT2D eigenvalue weighted by atomic mass is 9.94. The van der Waals surface area contributed by atoms with Gasteiger partial charge in [-0.05, 0) is 68.4 Å². The van der Waals surface area contributed by atoms with Crippen molar-refractivity contribution in [3.8, 4) is 0 Å². The third-order valence-corrected chi connectivity index (χ3v) is 5.78. The van der Waals surface area contributed by atoms with Gasteiger partial charge < -0.3 is 15.0 Å². The molecule has 1 aromatic carbocycles. The number of ether oxygens (including phenoxy) is 1. The number of nitrogens with one attached hydrogen (secondary N) is 1. The van der Waals surface area contributed by atoms with Crippen LogP contribution in [0.25, 0.3) is 0 Å². The highest BCUT2D eigenvalue weighted by molar-refractivity contribution is 7.80. The van der Waals surface area contributed by atoms with Crippen LogP contribution in [-0.2, 0) is 4.74 Å². The Bertz CT molecular complexity index is 628. The van der Waals surface area contributed by atoms with Gasteiger partial charge >= 0.3 is 0 Å².